The van der Waals surface area contributed by atoms with E-state index in [0.717, 1.165) is 5.33 Å². The van der Waals surface area contributed by atoms with E-state index in [-0.39, 0.29) is 23.6 Å². The van der Waals surface area contributed by atoms with E-state index in [1.807, 2.05) is 12.1 Å². The zero-order chi connectivity index (χ0) is 17.7. The van der Waals surface area contributed by atoms with Gasteiger partial charge in [-0.1, -0.05) is 156 Å². The maximum absolute atomic E-state index is 4.10. The predicted octanol–water partition coefficient (Wildman–Crippen LogP) is 8.10. The Bertz CT molecular complexity index is 620. The quantitative estimate of drug-likeness (QED) is 0.255. The van der Waals surface area contributed by atoms with Gasteiger partial charge in [0.05, 0.1) is 9.15 Å². The van der Waals surface area contributed by atoms with Gasteiger partial charge in [0.15, 0.2) is 0 Å². The fourth-order valence-corrected chi connectivity index (χ4v) is 8.00. The van der Waals surface area contributed by atoms with Crippen molar-refractivity contribution in [2.75, 3.05) is 5.33 Å². The first kappa shape index (κ1) is 21.6. The maximum Gasteiger partial charge on any atom is 0.0807 e. The van der Waals surface area contributed by atoms with Crippen molar-refractivity contribution in [1.82, 2.24) is 0 Å². The summed E-state index contributed by atoms with van der Waals surface area (Å²) in [5, 5.41) is 0.862. The van der Waals surface area contributed by atoms with Gasteiger partial charge in [-0.15, -0.1) is 0 Å². The lowest BCUT2D eigenvalue weighted by atomic mass is 9.87. The van der Waals surface area contributed by atoms with Crippen LogP contribution in [0.2, 0.25) is 0 Å². The molecule has 130 valence electrons. The zero-order valence-corrected chi connectivity index (χ0v) is 22.1. The van der Waals surface area contributed by atoms with Crippen LogP contribution in [-0.2, 0) is 4.32 Å². The highest BCUT2D eigenvalue weighted by Gasteiger charge is 2.47. The van der Waals surface area contributed by atoms with Crippen molar-refractivity contribution < 1.29 is 0 Å². The molecule has 2 aromatic carbocycles. The van der Waals surface area contributed by atoms with Gasteiger partial charge >= 0.3 is 0 Å². The lowest BCUT2D eigenvalue weighted by Gasteiger charge is -2.40. The van der Waals surface area contributed by atoms with Gasteiger partial charge in [-0.3, -0.25) is 0 Å². The number of hydrogen-bond acceptors (Lipinski definition) is 0. The van der Waals surface area contributed by atoms with Gasteiger partial charge in [0.2, 0.25) is 0 Å². The Morgan fingerprint density at radius 2 is 1.29 bits per heavy atom. The van der Waals surface area contributed by atoms with Gasteiger partial charge in [-0.25, -0.2) is 0 Å². The predicted molar refractivity (Wildman–Crippen MR) is 127 cm³/mol. The van der Waals surface area contributed by atoms with Crippen LogP contribution < -0.4 is 0 Å². The highest BCUT2D eigenvalue weighted by molar-refractivity contribution is 9.15. The normalized spacial score (nSPS) is 19.1. The molecule has 2 aromatic rings. The minimum atomic E-state index is -0.335. The molecule has 0 aliphatic carbocycles. The van der Waals surface area contributed by atoms with E-state index in [1.54, 1.807) is 0 Å². The van der Waals surface area contributed by atoms with Crippen LogP contribution in [0.3, 0.4) is 0 Å². The van der Waals surface area contributed by atoms with E-state index >= 15 is 0 Å². The van der Waals surface area contributed by atoms with Gasteiger partial charge in [0, 0.05) is 19.8 Å². The third-order valence-electron chi connectivity index (χ3n) is 3.85. The zero-order valence-electron chi connectivity index (χ0n) is 12.6. The molecule has 0 aliphatic rings. The molecule has 0 saturated carbocycles. The molecule has 0 spiro atoms. The second kappa shape index (κ2) is 10.0. The van der Waals surface area contributed by atoms with Crippen molar-refractivity contribution in [3.05, 3.63) is 71.8 Å². The van der Waals surface area contributed by atoms with Crippen LogP contribution in [0.5, 0.6) is 0 Å². The van der Waals surface area contributed by atoms with Gasteiger partial charge in [0.25, 0.3) is 0 Å². The number of benzene rings is 2. The summed E-state index contributed by atoms with van der Waals surface area (Å²) in [6, 6.07) is 21.0. The molecule has 0 radical (unpaired) electrons. The van der Waals surface area contributed by atoms with Gasteiger partial charge in [-0.2, -0.15) is 0 Å². The minimum Gasteiger partial charge on any atom is -0.0916 e. The SMILES string of the molecule is BrCC(Br)C(Br)C(Br)C(Br)(c1ccccc1)C(Br)c1ccccc1. The first-order chi connectivity index (χ1) is 11.4. The van der Waals surface area contributed by atoms with Crippen molar-refractivity contribution in [3.63, 3.8) is 0 Å². The second-order valence-electron chi connectivity index (χ2n) is 5.42. The Labute approximate surface area is 194 Å². The van der Waals surface area contributed by atoms with E-state index < -0.39 is 0 Å². The van der Waals surface area contributed by atoms with Crippen LogP contribution in [0.25, 0.3) is 0 Å². The van der Waals surface area contributed by atoms with Crippen LogP contribution in [0.15, 0.2) is 60.7 Å². The van der Waals surface area contributed by atoms with E-state index in [4.69, 9.17) is 0 Å². The van der Waals surface area contributed by atoms with Crippen LogP contribution in [0, 0.1) is 0 Å². The largest absolute Gasteiger partial charge is 0.0916 e. The molecule has 0 nitrogen and oxygen atoms in total. The Morgan fingerprint density at radius 1 is 0.792 bits per heavy atom. The topological polar surface area (TPSA) is 0 Å². The average Bonchev–Trinajstić information content (AvgIpc) is 2.66. The summed E-state index contributed by atoms with van der Waals surface area (Å²) < 4.78 is -0.335. The van der Waals surface area contributed by atoms with Crippen LogP contribution in [0.4, 0.5) is 0 Å². The molecule has 0 aromatic heterocycles. The molecule has 6 heteroatoms. The van der Waals surface area contributed by atoms with Crippen molar-refractivity contribution in [1.29, 1.82) is 0 Å². The minimum absolute atomic E-state index is 0.0908. The highest BCUT2D eigenvalue weighted by Crippen LogP contribution is 2.55. The molecule has 0 aliphatic heterocycles. The molecule has 0 fully saturated rings. The van der Waals surface area contributed by atoms with E-state index in [0.29, 0.717) is 0 Å². The molecular weight excluding hydrogens is 696 g/mol. The third-order valence-corrected chi connectivity index (χ3v) is 14.1. The van der Waals surface area contributed by atoms with E-state index in [2.05, 4.69) is 144 Å². The maximum atomic E-state index is 4.10. The molecular formula is C18H16Br6. The summed E-state index contributed by atoms with van der Waals surface area (Å²) in [7, 11) is 0. The number of rotatable bonds is 7. The summed E-state index contributed by atoms with van der Waals surface area (Å²) in [5.41, 5.74) is 2.45. The van der Waals surface area contributed by atoms with Gasteiger partial charge < -0.3 is 0 Å². The lowest BCUT2D eigenvalue weighted by molar-refractivity contribution is 0.585. The fraction of sp³-hybridized carbons (Fsp3) is 0.333. The third kappa shape index (κ3) is 4.78. The van der Waals surface area contributed by atoms with E-state index in [1.165, 1.54) is 11.1 Å². The molecule has 0 saturated heterocycles. The van der Waals surface area contributed by atoms with Crippen molar-refractivity contribution in [2.24, 2.45) is 0 Å². The van der Waals surface area contributed by atoms with Crippen molar-refractivity contribution in [2.45, 2.75) is 23.6 Å². The molecule has 5 atom stereocenters. The summed E-state index contributed by atoms with van der Waals surface area (Å²) >= 11 is 23.2. The number of alkyl halides is 6. The first-order valence-corrected chi connectivity index (χ1v) is 12.9. The first-order valence-electron chi connectivity index (χ1n) is 7.34. The second-order valence-corrected chi connectivity index (χ2v) is 11.5. The van der Waals surface area contributed by atoms with E-state index in [9.17, 15) is 0 Å². The molecule has 0 heterocycles. The molecule has 24 heavy (non-hydrogen) atoms. The summed E-state index contributed by atoms with van der Waals surface area (Å²) in [5.74, 6) is 0. The van der Waals surface area contributed by atoms with Crippen molar-refractivity contribution in [3.8, 4) is 0 Å². The number of halogens is 6. The Morgan fingerprint density at radius 3 is 1.79 bits per heavy atom. The number of hydrogen-bond donors (Lipinski definition) is 0. The molecule has 5 unspecified atom stereocenters. The molecule has 0 N–H and O–H groups in total. The lowest BCUT2D eigenvalue weighted by Crippen LogP contribution is -2.42. The van der Waals surface area contributed by atoms with Crippen LogP contribution >= 0.6 is 95.6 Å². The Hall–Kier alpha value is 1.32. The molecule has 2 rings (SSSR count). The Balaban J connectivity index is 2.50. The Kier molecular flexibility index (Phi) is 9.03. The monoisotopic (exact) mass is 706 g/mol. The van der Waals surface area contributed by atoms with Gasteiger partial charge in [0.1, 0.15) is 0 Å². The fourth-order valence-electron chi connectivity index (χ4n) is 2.50. The highest BCUT2D eigenvalue weighted by atomic mass is 79.9. The summed E-state index contributed by atoms with van der Waals surface area (Å²) in [6.07, 6.45) is 0. The average molecular weight is 712 g/mol. The standard InChI is InChI=1S/C18H16Br6/c19-11-14(20)15(21)17(23)18(24,13-9-5-2-6-10-13)16(22)12-7-3-1-4-8-12/h1-10,14-17H,11H2. The summed E-state index contributed by atoms with van der Waals surface area (Å²) in [6.45, 7) is 0. The summed E-state index contributed by atoms with van der Waals surface area (Å²) in [4.78, 5) is 0.713. The van der Waals surface area contributed by atoms with Crippen molar-refractivity contribution >= 4 is 95.6 Å². The van der Waals surface area contributed by atoms with Crippen LogP contribution in [-0.4, -0.2) is 19.8 Å². The van der Waals surface area contributed by atoms with Gasteiger partial charge in [-0.05, 0) is 11.1 Å². The molecule has 0 amide bonds. The van der Waals surface area contributed by atoms with Crippen LogP contribution in [0.1, 0.15) is 16.0 Å². The molecule has 0 bridgehead atoms. The smallest absolute Gasteiger partial charge is 0.0807 e.